The molecule has 14 heteroatoms. The van der Waals surface area contributed by atoms with Gasteiger partial charge in [-0.05, 0) is 51.4 Å². The second kappa shape index (κ2) is 35.4. The third kappa shape index (κ3) is 28.1. The van der Waals surface area contributed by atoms with E-state index in [1.807, 2.05) is 0 Å². The Balaban J connectivity index is 2.50. The molecule has 1 aliphatic rings. The van der Waals surface area contributed by atoms with Gasteiger partial charge in [0, 0.05) is 12.8 Å². The number of allylic oxidation sites excluding steroid dienone is 8. The Labute approximate surface area is 354 Å². The average molecular weight is 859 g/mol. The van der Waals surface area contributed by atoms with Crippen LogP contribution in [-0.2, 0) is 32.7 Å². The molecule has 13 nitrogen and oxygen atoms in total. The minimum atomic E-state index is -5.12. The van der Waals surface area contributed by atoms with Crippen LogP contribution in [0.3, 0.4) is 0 Å². The highest BCUT2D eigenvalue weighted by molar-refractivity contribution is 7.47. The molecule has 0 heterocycles. The molecule has 1 aliphatic carbocycles. The monoisotopic (exact) mass is 859 g/mol. The minimum Gasteiger partial charge on any atom is -0.462 e. The number of hydrogen-bond donors (Lipinski definition) is 6. The van der Waals surface area contributed by atoms with Gasteiger partial charge in [0.05, 0.1) is 6.61 Å². The molecule has 0 spiro atoms. The topological polar surface area (TPSA) is 210 Å². The van der Waals surface area contributed by atoms with Crippen molar-refractivity contribution in [3.63, 3.8) is 0 Å². The number of carbonyl (C=O) groups excluding carboxylic acids is 2. The zero-order chi connectivity index (χ0) is 43.6. The molecule has 0 aromatic carbocycles. The molecule has 1 saturated carbocycles. The Hall–Kier alpha value is -2.19. The third-order valence-corrected chi connectivity index (χ3v) is 11.2. The average Bonchev–Trinajstić information content (AvgIpc) is 3.21. The van der Waals surface area contributed by atoms with Crippen LogP contribution >= 0.6 is 7.82 Å². The van der Waals surface area contributed by atoms with Crippen LogP contribution in [-0.4, -0.2) is 98.3 Å². The summed E-state index contributed by atoms with van der Waals surface area (Å²) in [6, 6.07) is 0. The van der Waals surface area contributed by atoms with Crippen molar-refractivity contribution in [2.45, 2.75) is 211 Å². The molecule has 0 amide bonds. The summed E-state index contributed by atoms with van der Waals surface area (Å²) in [7, 11) is -5.12. The van der Waals surface area contributed by atoms with E-state index in [2.05, 4.69) is 62.5 Å². The molecule has 0 bridgehead atoms. The van der Waals surface area contributed by atoms with Gasteiger partial charge in [-0.1, -0.05) is 152 Å². The number of aliphatic hydroxyl groups is 5. The quantitative estimate of drug-likeness (QED) is 0.0152. The highest BCUT2D eigenvalue weighted by atomic mass is 31.2. The molecule has 59 heavy (non-hydrogen) atoms. The standard InChI is InChI=1S/C45H79O13P/c1-3-5-7-9-11-13-15-17-19-21-23-25-27-29-31-33-38(46)55-35-37(36-56-59(53,54)58-45-43(51)41(49)40(48)42(50)44(45)52)57-39(47)34-32-30-28-26-24-22-20-18-16-14-12-10-8-6-4-2/h5,7,11,13,17,19,23,25,37,40-45,48-52H,3-4,6,8-10,12,14-16,18,20-22,24,26-36H2,1-2H3,(H,53,54)/b7-5+,13-11+,19-17+,25-23+/t37-,40?,41-,42?,43?,44?,45?/m1/s1. The van der Waals surface area contributed by atoms with Crippen LogP contribution in [0.2, 0.25) is 0 Å². The first-order valence-corrected chi connectivity index (χ1v) is 23.9. The van der Waals surface area contributed by atoms with E-state index in [0.717, 1.165) is 64.2 Å². The van der Waals surface area contributed by atoms with Gasteiger partial charge in [-0.3, -0.25) is 18.6 Å². The van der Waals surface area contributed by atoms with Gasteiger partial charge in [0.2, 0.25) is 0 Å². The van der Waals surface area contributed by atoms with Crippen LogP contribution in [0, 0.1) is 0 Å². The lowest BCUT2D eigenvalue weighted by Crippen LogP contribution is -2.64. The molecular weight excluding hydrogens is 779 g/mol. The highest BCUT2D eigenvalue weighted by Crippen LogP contribution is 2.47. The van der Waals surface area contributed by atoms with Gasteiger partial charge >= 0.3 is 19.8 Å². The largest absolute Gasteiger partial charge is 0.472 e. The second-order valence-corrected chi connectivity index (χ2v) is 16.9. The first kappa shape index (κ1) is 54.8. The molecule has 6 N–H and O–H groups in total. The van der Waals surface area contributed by atoms with E-state index in [0.29, 0.717) is 12.8 Å². The first-order chi connectivity index (χ1) is 28.4. The molecule has 0 aromatic heterocycles. The lowest BCUT2D eigenvalue weighted by molar-refractivity contribution is -0.220. The van der Waals surface area contributed by atoms with Crippen molar-refractivity contribution in [3.8, 4) is 0 Å². The van der Waals surface area contributed by atoms with Crippen molar-refractivity contribution < 1.29 is 63.1 Å². The summed E-state index contributed by atoms with van der Waals surface area (Å²) < 4.78 is 33.4. The molecule has 1 fully saturated rings. The molecule has 1 rings (SSSR count). The molecule has 0 aliphatic heterocycles. The maximum atomic E-state index is 12.8. The highest BCUT2D eigenvalue weighted by Gasteiger charge is 2.51. The molecule has 0 saturated heterocycles. The van der Waals surface area contributed by atoms with E-state index in [1.54, 1.807) is 0 Å². The van der Waals surface area contributed by atoms with E-state index in [1.165, 1.54) is 64.2 Å². The Bertz CT molecular complexity index is 1220. The van der Waals surface area contributed by atoms with Crippen molar-refractivity contribution in [1.82, 2.24) is 0 Å². The van der Waals surface area contributed by atoms with E-state index in [-0.39, 0.29) is 12.8 Å². The fourth-order valence-corrected chi connectivity index (χ4v) is 7.54. The second-order valence-electron chi connectivity index (χ2n) is 15.5. The van der Waals surface area contributed by atoms with Crippen molar-refractivity contribution in [2.75, 3.05) is 13.2 Å². The lowest BCUT2D eigenvalue weighted by Gasteiger charge is -2.41. The number of ether oxygens (including phenoxy) is 2. The molecule has 342 valence electrons. The zero-order valence-corrected chi connectivity index (χ0v) is 36.9. The summed E-state index contributed by atoms with van der Waals surface area (Å²) in [6.07, 6.45) is 27.4. The van der Waals surface area contributed by atoms with E-state index in [4.69, 9.17) is 18.5 Å². The van der Waals surface area contributed by atoms with E-state index < -0.39 is 75.7 Å². The van der Waals surface area contributed by atoms with E-state index >= 15 is 0 Å². The fourth-order valence-electron chi connectivity index (χ4n) is 6.57. The van der Waals surface area contributed by atoms with Crippen molar-refractivity contribution >= 4 is 19.8 Å². The first-order valence-electron chi connectivity index (χ1n) is 22.4. The number of aliphatic hydroxyl groups excluding tert-OH is 5. The van der Waals surface area contributed by atoms with Gasteiger partial charge in [0.25, 0.3) is 0 Å². The van der Waals surface area contributed by atoms with Crippen molar-refractivity contribution in [3.05, 3.63) is 48.6 Å². The van der Waals surface area contributed by atoms with Gasteiger partial charge in [-0.25, -0.2) is 4.57 Å². The minimum absolute atomic E-state index is 0.0891. The Morgan fingerprint density at radius 2 is 0.966 bits per heavy atom. The Morgan fingerprint density at radius 3 is 1.47 bits per heavy atom. The number of esters is 2. The number of carbonyl (C=O) groups is 2. The van der Waals surface area contributed by atoms with Crippen LogP contribution in [0.25, 0.3) is 0 Å². The Kier molecular flexibility index (Phi) is 32.9. The van der Waals surface area contributed by atoms with Crippen molar-refractivity contribution in [2.24, 2.45) is 0 Å². The molecular formula is C45H79O13P. The SMILES string of the molecule is CC/C=C/C/C=C/C/C=C/C/C=C/CCCCC(=O)OC[C@H](COP(=O)(O)OC1C(O)C(O)C(O)[C@@H](O)C1O)OC(=O)CCCCCCCCCCCCCCCCC. The van der Waals surface area contributed by atoms with Crippen LogP contribution in [0.5, 0.6) is 0 Å². The number of hydrogen-bond acceptors (Lipinski definition) is 12. The van der Waals surface area contributed by atoms with Crippen LogP contribution in [0.1, 0.15) is 168 Å². The summed E-state index contributed by atoms with van der Waals surface area (Å²) in [6.45, 7) is 3.14. The molecule has 6 unspecified atom stereocenters. The van der Waals surface area contributed by atoms with Crippen molar-refractivity contribution in [1.29, 1.82) is 0 Å². The summed E-state index contributed by atoms with van der Waals surface area (Å²) in [5.41, 5.74) is 0. The lowest BCUT2D eigenvalue weighted by atomic mass is 9.85. The van der Waals surface area contributed by atoms with Gasteiger partial charge in [0.1, 0.15) is 43.2 Å². The predicted molar refractivity (Wildman–Crippen MR) is 230 cm³/mol. The maximum Gasteiger partial charge on any atom is 0.472 e. The third-order valence-electron chi connectivity index (χ3n) is 10.2. The van der Waals surface area contributed by atoms with Gasteiger partial charge in [-0.15, -0.1) is 0 Å². The maximum absolute atomic E-state index is 12.8. The summed E-state index contributed by atoms with van der Waals surface area (Å²) in [5, 5.41) is 50.1. The van der Waals surface area contributed by atoms with Gasteiger partial charge in [0.15, 0.2) is 6.10 Å². The summed E-state index contributed by atoms with van der Waals surface area (Å²) in [5.74, 6) is -1.15. The number of rotatable bonds is 36. The number of phosphoric acid groups is 1. The normalized spacial score (nSPS) is 22.8. The molecule has 0 aromatic rings. The summed E-state index contributed by atoms with van der Waals surface area (Å²) in [4.78, 5) is 35.6. The van der Waals surface area contributed by atoms with Crippen LogP contribution in [0.15, 0.2) is 48.6 Å². The van der Waals surface area contributed by atoms with Gasteiger partial charge < -0.3 is 39.9 Å². The molecule has 0 radical (unpaired) electrons. The zero-order valence-electron chi connectivity index (χ0n) is 36.0. The van der Waals surface area contributed by atoms with Gasteiger partial charge in [-0.2, -0.15) is 0 Å². The van der Waals surface area contributed by atoms with Crippen LogP contribution < -0.4 is 0 Å². The predicted octanol–water partition coefficient (Wildman–Crippen LogP) is 8.39. The Morgan fingerprint density at radius 1 is 0.542 bits per heavy atom. The fraction of sp³-hybridized carbons (Fsp3) is 0.778. The molecule has 8 atom stereocenters. The smallest absolute Gasteiger partial charge is 0.462 e. The van der Waals surface area contributed by atoms with Crippen LogP contribution in [0.4, 0.5) is 0 Å². The summed E-state index contributed by atoms with van der Waals surface area (Å²) >= 11 is 0. The van der Waals surface area contributed by atoms with E-state index in [9.17, 15) is 44.6 Å². The number of unbranched alkanes of at least 4 members (excludes halogenated alkanes) is 16. The number of phosphoric ester groups is 1.